The topological polar surface area (TPSA) is 88.6 Å². The number of para-hydroxylation sites is 2. The number of carbonyl (C=O) groups excluding carboxylic acids is 1. The fourth-order valence-electron chi connectivity index (χ4n) is 5.22. The van der Waals surface area contributed by atoms with E-state index in [-0.39, 0.29) is 22.9 Å². The summed E-state index contributed by atoms with van der Waals surface area (Å²) in [4.78, 5) is 24.2. The number of likely N-dealkylation sites (tertiary alicyclic amines) is 1. The number of benzene rings is 3. The van der Waals surface area contributed by atoms with E-state index in [1.165, 1.54) is 43.5 Å². The van der Waals surface area contributed by atoms with Crippen LogP contribution in [0.3, 0.4) is 0 Å². The van der Waals surface area contributed by atoms with Crippen molar-refractivity contribution in [3.05, 3.63) is 94.9 Å². The molecule has 3 aromatic carbocycles. The van der Waals surface area contributed by atoms with Crippen LogP contribution >= 0.6 is 0 Å². The molecule has 5 rings (SSSR count). The van der Waals surface area contributed by atoms with E-state index in [9.17, 15) is 22.4 Å². The predicted octanol–water partition coefficient (Wildman–Crippen LogP) is 8.29. The van der Waals surface area contributed by atoms with Crippen LogP contribution in [-0.2, 0) is 6.18 Å². The molecule has 1 aliphatic rings. The van der Waals surface area contributed by atoms with Crippen molar-refractivity contribution in [2.24, 2.45) is 0 Å². The highest BCUT2D eigenvalue weighted by Crippen LogP contribution is 2.38. The normalized spacial score (nSPS) is 13.7. The molecule has 1 aliphatic heterocycles. The molecule has 1 amide bonds. The number of carbonyl (C=O) groups is 1. The standard InChI is InChI=1S/C34H35F4N5O3/c1-22-10-8-11-23(2)30(22)41-31(44)25-21-39-33(42-32(25)46-28-13-5-4-12-26(28)34(36,37)38)40-24-14-15-29(27(35)20-24)45-19-9-18-43-16-6-3-7-17-43/h4-5,8,10-15,20-21H,3,6-7,9,16-19H2,1-2H3,(H,41,44)(H,39,40,42). The molecule has 4 aromatic rings. The van der Waals surface area contributed by atoms with E-state index < -0.39 is 35.1 Å². The number of hydrogen-bond acceptors (Lipinski definition) is 7. The maximum Gasteiger partial charge on any atom is 0.419 e. The van der Waals surface area contributed by atoms with E-state index >= 15 is 0 Å². The number of amides is 1. The molecule has 2 heterocycles. The Morgan fingerprint density at radius 2 is 1.70 bits per heavy atom. The highest BCUT2D eigenvalue weighted by molar-refractivity contribution is 6.06. The largest absolute Gasteiger partial charge is 0.490 e. The number of halogens is 4. The summed E-state index contributed by atoms with van der Waals surface area (Å²) in [5, 5.41) is 5.61. The first-order valence-electron chi connectivity index (χ1n) is 15.1. The van der Waals surface area contributed by atoms with Crippen molar-refractivity contribution in [1.29, 1.82) is 0 Å². The number of rotatable bonds is 11. The van der Waals surface area contributed by atoms with E-state index in [2.05, 4.69) is 25.5 Å². The molecular weight excluding hydrogens is 602 g/mol. The van der Waals surface area contributed by atoms with Crippen molar-refractivity contribution in [3.8, 4) is 17.4 Å². The summed E-state index contributed by atoms with van der Waals surface area (Å²) in [6, 6.07) is 14.3. The van der Waals surface area contributed by atoms with E-state index in [1.54, 1.807) is 6.07 Å². The van der Waals surface area contributed by atoms with E-state index in [0.29, 0.717) is 12.3 Å². The fourth-order valence-corrected chi connectivity index (χ4v) is 5.22. The molecule has 1 aromatic heterocycles. The van der Waals surface area contributed by atoms with Gasteiger partial charge >= 0.3 is 6.18 Å². The Balaban J connectivity index is 1.35. The Kier molecular flexibility index (Phi) is 10.4. The minimum atomic E-state index is -4.72. The van der Waals surface area contributed by atoms with Gasteiger partial charge in [-0.15, -0.1) is 0 Å². The van der Waals surface area contributed by atoms with Crippen LogP contribution in [0.2, 0.25) is 0 Å². The van der Waals surface area contributed by atoms with Gasteiger partial charge in [-0.25, -0.2) is 9.37 Å². The number of nitrogens with zero attached hydrogens (tertiary/aromatic N) is 3. The van der Waals surface area contributed by atoms with Crippen LogP contribution in [0.15, 0.2) is 66.9 Å². The van der Waals surface area contributed by atoms with Gasteiger partial charge in [-0.2, -0.15) is 18.2 Å². The molecule has 2 N–H and O–H groups in total. The minimum absolute atomic E-state index is 0.0939. The molecule has 46 heavy (non-hydrogen) atoms. The van der Waals surface area contributed by atoms with Crippen LogP contribution in [0.5, 0.6) is 17.4 Å². The number of hydrogen-bond donors (Lipinski definition) is 2. The Labute approximate surface area is 264 Å². The van der Waals surface area contributed by atoms with Gasteiger partial charge in [-0.3, -0.25) is 4.79 Å². The summed E-state index contributed by atoms with van der Waals surface area (Å²) in [5.74, 6) is -2.30. The number of aryl methyl sites for hydroxylation is 2. The Morgan fingerprint density at radius 1 is 0.957 bits per heavy atom. The maximum absolute atomic E-state index is 14.9. The number of aromatic nitrogens is 2. The smallest absolute Gasteiger partial charge is 0.419 e. The Hall–Kier alpha value is -4.71. The molecule has 0 radical (unpaired) electrons. The maximum atomic E-state index is 14.9. The van der Waals surface area contributed by atoms with Gasteiger partial charge in [0.1, 0.15) is 11.3 Å². The van der Waals surface area contributed by atoms with Crippen LogP contribution in [-0.4, -0.2) is 47.0 Å². The SMILES string of the molecule is Cc1cccc(C)c1NC(=O)c1cnc(Nc2ccc(OCCCN3CCCCC3)c(F)c2)nc1Oc1ccccc1C(F)(F)F. The molecule has 12 heteroatoms. The van der Waals surface area contributed by atoms with Gasteiger partial charge in [0.05, 0.1) is 12.2 Å². The summed E-state index contributed by atoms with van der Waals surface area (Å²) in [7, 11) is 0. The lowest BCUT2D eigenvalue weighted by molar-refractivity contribution is -0.138. The van der Waals surface area contributed by atoms with E-state index in [4.69, 9.17) is 9.47 Å². The molecule has 0 unspecified atom stereocenters. The van der Waals surface area contributed by atoms with E-state index in [1.807, 2.05) is 32.0 Å². The summed E-state index contributed by atoms with van der Waals surface area (Å²) in [6.07, 6.45) is 0.852. The van der Waals surface area contributed by atoms with Gasteiger partial charge in [-0.05, 0) is 81.6 Å². The third-order valence-corrected chi connectivity index (χ3v) is 7.63. The van der Waals surface area contributed by atoms with Gasteiger partial charge in [-0.1, -0.05) is 36.8 Å². The molecular formula is C34H35F4N5O3. The third kappa shape index (κ3) is 8.30. The monoisotopic (exact) mass is 637 g/mol. The van der Waals surface area contributed by atoms with Gasteiger partial charge in [0.2, 0.25) is 11.8 Å². The quantitative estimate of drug-likeness (QED) is 0.126. The van der Waals surface area contributed by atoms with Gasteiger partial charge < -0.3 is 25.0 Å². The van der Waals surface area contributed by atoms with Crippen LogP contribution in [0.1, 0.15) is 52.7 Å². The second kappa shape index (κ2) is 14.6. The van der Waals surface area contributed by atoms with Crippen molar-refractivity contribution < 1.29 is 31.8 Å². The number of alkyl halides is 3. The van der Waals surface area contributed by atoms with Gasteiger partial charge in [0.15, 0.2) is 11.6 Å². The average molecular weight is 638 g/mol. The first kappa shape index (κ1) is 32.7. The highest BCUT2D eigenvalue weighted by Gasteiger charge is 2.35. The van der Waals surface area contributed by atoms with Crippen LogP contribution in [0.4, 0.5) is 34.9 Å². The van der Waals surface area contributed by atoms with Crippen molar-refractivity contribution in [2.75, 3.05) is 36.9 Å². The molecule has 242 valence electrons. The molecule has 0 aliphatic carbocycles. The van der Waals surface area contributed by atoms with Gasteiger partial charge in [0, 0.05) is 30.2 Å². The van der Waals surface area contributed by atoms with Crippen LogP contribution in [0, 0.1) is 19.7 Å². The first-order valence-corrected chi connectivity index (χ1v) is 15.1. The zero-order chi connectivity index (χ0) is 32.7. The highest BCUT2D eigenvalue weighted by atomic mass is 19.4. The van der Waals surface area contributed by atoms with E-state index in [0.717, 1.165) is 55.5 Å². The number of piperidine rings is 1. The number of nitrogens with one attached hydrogen (secondary N) is 2. The van der Waals surface area contributed by atoms with Crippen molar-refractivity contribution in [1.82, 2.24) is 14.9 Å². The van der Waals surface area contributed by atoms with Crippen LogP contribution in [0.25, 0.3) is 0 Å². The fraction of sp³-hybridized carbons (Fsp3) is 0.324. The van der Waals surface area contributed by atoms with Gasteiger partial charge in [0.25, 0.3) is 5.91 Å². The molecule has 0 bridgehead atoms. The first-order chi connectivity index (χ1) is 22.1. The summed E-state index contributed by atoms with van der Waals surface area (Å²) in [5.41, 5.74) is 1.12. The molecule has 1 saturated heterocycles. The summed E-state index contributed by atoms with van der Waals surface area (Å²) < 4.78 is 67.4. The molecule has 1 fully saturated rings. The summed E-state index contributed by atoms with van der Waals surface area (Å²) in [6.45, 7) is 7.05. The lowest BCUT2D eigenvalue weighted by Crippen LogP contribution is -2.31. The average Bonchev–Trinajstić information content (AvgIpc) is 3.02. The van der Waals surface area contributed by atoms with Crippen molar-refractivity contribution in [3.63, 3.8) is 0 Å². The predicted molar refractivity (Wildman–Crippen MR) is 168 cm³/mol. The molecule has 0 saturated carbocycles. The molecule has 8 nitrogen and oxygen atoms in total. The van der Waals surface area contributed by atoms with Crippen molar-refractivity contribution >= 4 is 23.2 Å². The lowest BCUT2D eigenvalue weighted by Gasteiger charge is -2.26. The zero-order valence-electron chi connectivity index (χ0n) is 25.6. The Bertz CT molecular complexity index is 1660. The number of anilines is 3. The number of ether oxygens (including phenoxy) is 2. The lowest BCUT2D eigenvalue weighted by atomic mass is 10.1. The zero-order valence-corrected chi connectivity index (χ0v) is 25.6. The second-order valence-electron chi connectivity index (χ2n) is 11.1. The third-order valence-electron chi connectivity index (χ3n) is 7.63. The van der Waals surface area contributed by atoms with Crippen LogP contribution < -0.4 is 20.1 Å². The molecule has 0 atom stereocenters. The molecule has 0 spiro atoms. The second-order valence-corrected chi connectivity index (χ2v) is 11.1. The Morgan fingerprint density at radius 3 is 2.41 bits per heavy atom. The summed E-state index contributed by atoms with van der Waals surface area (Å²) >= 11 is 0. The minimum Gasteiger partial charge on any atom is -0.490 e. The van der Waals surface area contributed by atoms with Crippen molar-refractivity contribution in [2.45, 2.75) is 45.7 Å².